The predicted molar refractivity (Wildman–Crippen MR) is 94.1 cm³/mol. The molecule has 0 N–H and O–H groups in total. The topological polar surface area (TPSA) is 9.23 Å². The number of fused-ring (bicyclic) bond motifs is 1. The van der Waals surface area contributed by atoms with Crippen LogP contribution < -0.4 is 0 Å². The van der Waals surface area contributed by atoms with Crippen LogP contribution in [-0.4, -0.2) is 0 Å². The summed E-state index contributed by atoms with van der Waals surface area (Å²) in [4.78, 5) is 0. The molecule has 1 atom stereocenters. The summed E-state index contributed by atoms with van der Waals surface area (Å²) >= 11 is 7.10. The number of halogens is 2. The zero-order valence-corrected chi connectivity index (χ0v) is 14.7. The molecule has 1 aromatic rings. The van der Waals surface area contributed by atoms with E-state index in [0.29, 0.717) is 12.5 Å². The molecule has 1 aromatic carbocycles. The van der Waals surface area contributed by atoms with Crippen molar-refractivity contribution < 1.29 is 4.74 Å². The monoisotopic (exact) mass is 406 g/mol. The molecule has 1 nitrogen and oxygen atoms in total. The Morgan fingerprint density at radius 1 is 1.10 bits per heavy atom. The van der Waals surface area contributed by atoms with Crippen LogP contribution in [0.1, 0.15) is 18.4 Å². The highest BCUT2D eigenvalue weighted by Crippen LogP contribution is 2.41. The molecule has 0 fully saturated rings. The number of benzene rings is 1. The van der Waals surface area contributed by atoms with E-state index in [1.165, 1.54) is 16.7 Å². The van der Waals surface area contributed by atoms with Crippen LogP contribution in [0.5, 0.6) is 0 Å². The maximum Gasteiger partial charge on any atom is 0.119 e. The Labute approximate surface area is 142 Å². The van der Waals surface area contributed by atoms with Gasteiger partial charge in [0.15, 0.2) is 0 Å². The first-order chi connectivity index (χ1) is 10.3. The highest BCUT2D eigenvalue weighted by molar-refractivity contribution is 9.28. The third-order valence-electron chi connectivity index (χ3n) is 3.84. The largest absolute Gasteiger partial charge is 0.489 e. The quantitative estimate of drug-likeness (QED) is 0.597. The van der Waals surface area contributed by atoms with Crippen molar-refractivity contribution in [3.8, 4) is 0 Å². The normalized spacial score (nSPS) is 20.5. The van der Waals surface area contributed by atoms with Gasteiger partial charge in [-0.15, -0.1) is 0 Å². The second-order valence-corrected chi connectivity index (χ2v) is 7.83. The predicted octanol–water partition coefficient (Wildman–Crippen LogP) is 5.99. The van der Waals surface area contributed by atoms with Crippen LogP contribution in [0.25, 0.3) is 0 Å². The van der Waals surface area contributed by atoms with Gasteiger partial charge in [-0.05, 0) is 67.5 Å². The number of allylic oxidation sites excluding steroid dienone is 6. The third-order valence-corrected chi connectivity index (χ3v) is 4.76. The summed E-state index contributed by atoms with van der Waals surface area (Å²) in [5.74, 6) is 1.44. The molecule has 0 amide bonds. The van der Waals surface area contributed by atoms with Gasteiger partial charge in [0.05, 0.1) is 3.39 Å². The van der Waals surface area contributed by atoms with Crippen molar-refractivity contribution >= 4 is 31.9 Å². The third kappa shape index (κ3) is 3.41. The fourth-order valence-electron chi connectivity index (χ4n) is 2.79. The van der Waals surface area contributed by atoms with Crippen LogP contribution in [0.3, 0.4) is 0 Å². The maximum atomic E-state index is 6.07. The van der Waals surface area contributed by atoms with Crippen LogP contribution in [0, 0.1) is 5.92 Å². The molecule has 1 unspecified atom stereocenters. The van der Waals surface area contributed by atoms with Crippen molar-refractivity contribution in [1.82, 2.24) is 0 Å². The molecule has 0 aromatic heterocycles. The number of ether oxygens (including phenoxy) is 1. The Hall–Kier alpha value is -1.06. The lowest BCUT2D eigenvalue weighted by molar-refractivity contribution is 0.203. The molecule has 0 saturated heterocycles. The van der Waals surface area contributed by atoms with E-state index in [9.17, 15) is 0 Å². The van der Waals surface area contributed by atoms with E-state index in [1.807, 2.05) is 18.2 Å². The van der Waals surface area contributed by atoms with Crippen molar-refractivity contribution in [3.05, 3.63) is 80.5 Å². The van der Waals surface area contributed by atoms with E-state index in [-0.39, 0.29) is 0 Å². The van der Waals surface area contributed by atoms with Crippen molar-refractivity contribution in [2.45, 2.75) is 19.4 Å². The minimum absolute atomic E-state index is 0.416. The van der Waals surface area contributed by atoms with Crippen LogP contribution in [0.15, 0.2) is 74.9 Å². The van der Waals surface area contributed by atoms with E-state index in [0.717, 1.165) is 22.0 Å². The molecule has 108 valence electrons. The van der Waals surface area contributed by atoms with Gasteiger partial charge in [-0.25, -0.2) is 0 Å². The van der Waals surface area contributed by atoms with E-state index in [2.05, 4.69) is 68.3 Å². The van der Waals surface area contributed by atoms with Crippen molar-refractivity contribution in [1.29, 1.82) is 0 Å². The Kier molecular flexibility index (Phi) is 4.81. The van der Waals surface area contributed by atoms with Gasteiger partial charge >= 0.3 is 0 Å². The molecule has 0 spiro atoms. The van der Waals surface area contributed by atoms with Gasteiger partial charge < -0.3 is 4.74 Å². The summed E-state index contributed by atoms with van der Waals surface area (Å²) in [6, 6.07) is 10.3. The van der Waals surface area contributed by atoms with Gasteiger partial charge in [0, 0.05) is 5.92 Å². The van der Waals surface area contributed by atoms with Gasteiger partial charge in [-0.1, -0.05) is 48.6 Å². The fraction of sp³-hybridized carbons (Fsp3) is 0.222. The van der Waals surface area contributed by atoms with Crippen LogP contribution in [-0.2, 0) is 11.3 Å². The summed E-state index contributed by atoms with van der Waals surface area (Å²) in [5.41, 5.74) is 3.87. The first-order valence-electron chi connectivity index (χ1n) is 7.03. The minimum Gasteiger partial charge on any atom is -0.489 e. The van der Waals surface area contributed by atoms with Crippen molar-refractivity contribution in [3.63, 3.8) is 0 Å². The van der Waals surface area contributed by atoms with Gasteiger partial charge in [0.25, 0.3) is 0 Å². The second-order valence-electron chi connectivity index (χ2n) is 5.18. The summed E-state index contributed by atoms with van der Waals surface area (Å²) in [7, 11) is 0. The molecule has 0 radical (unpaired) electrons. The number of rotatable bonds is 3. The SMILES string of the molecule is BrC(Br)=C1C=CCC2=C(OCc3ccccc3)C=CCC12. The average Bonchev–Trinajstić information content (AvgIpc) is 2.53. The lowest BCUT2D eigenvalue weighted by Crippen LogP contribution is -2.15. The standard InChI is InChI=1S/C18H16Br2O/c19-18(20)16-10-4-9-15-14(16)8-5-11-17(15)21-12-13-6-2-1-3-7-13/h1-7,10-11,14H,8-9,12H2. The molecule has 0 heterocycles. The Bertz CT molecular complexity index is 634. The highest BCUT2D eigenvalue weighted by atomic mass is 79.9. The first kappa shape index (κ1) is 14.9. The molecule has 2 aliphatic carbocycles. The molecule has 0 saturated carbocycles. The average molecular weight is 408 g/mol. The molecular weight excluding hydrogens is 392 g/mol. The van der Waals surface area contributed by atoms with Crippen molar-refractivity contribution in [2.24, 2.45) is 5.92 Å². The van der Waals surface area contributed by atoms with E-state index in [1.54, 1.807) is 0 Å². The zero-order valence-electron chi connectivity index (χ0n) is 11.6. The molecule has 3 rings (SSSR count). The van der Waals surface area contributed by atoms with Crippen molar-refractivity contribution in [2.75, 3.05) is 0 Å². The molecule has 21 heavy (non-hydrogen) atoms. The van der Waals surface area contributed by atoms with Gasteiger partial charge in [-0.2, -0.15) is 0 Å². The van der Waals surface area contributed by atoms with Crippen LogP contribution in [0.4, 0.5) is 0 Å². The summed E-state index contributed by atoms with van der Waals surface area (Å²) < 4.78 is 7.11. The molecule has 3 heteroatoms. The summed E-state index contributed by atoms with van der Waals surface area (Å²) in [5, 5.41) is 0. The van der Waals surface area contributed by atoms with Crippen LogP contribution >= 0.6 is 31.9 Å². The highest BCUT2D eigenvalue weighted by Gasteiger charge is 2.26. The Morgan fingerprint density at radius 2 is 1.90 bits per heavy atom. The molecular formula is C18H16Br2O. The Morgan fingerprint density at radius 3 is 2.67 bits per heavy atom. The molecule has 0 bridgehead atoms. The smallest absolute Gasteiger partial charge is 0.119 e. The fourth-order valence-corrected chi connectivity index (χ4v) is 3.61. The summed E-state index contributed by atoms with van der Waals surface area (Å²) in [6.07, 6.45) is 10.7. The van der Waals surface area contributed by atoms with Gasteiger partial charge in [0.1, 0.15) is 12.4 Å². The molecule has 2 aliphatic rings. The van der Waals surface area contributed by atoms with Crippen LogP contribution in [0.2, 0.25) is 0 Å². The van der Waals surface area contributed by atoms with Gasteiger partial charge in [-0.3, -0.25) is 0 Å². The Balaban J connectivity index is 1.83. The lowest BCUT2D eigenvalue weighted by atomic mass is 9.80. The van der Waals surface area contributed by atoms with Gasteiger partial charge in [0.2, 0.25) is 0 Å². The lowest BCUT2D eigenvalue weighted by Gasteiger charge is -2.29. The second kappa shape index (κ2) is 6.80. The van der Waals surface area contributed by atoms with E-state index in [4.69, 9.17) is 4.74 Å². The maximum absolute atomic E-state index is 6.07. The number of hydrogen-bond acceptors (Lipinski definition) is 1. The number of hydrogen-bond donors (Lipinski definition) is 0. The van der Waals surface area contributed by atoms with E-state index < -0.39 is 0 Å². The zero-order chi connectivity index (χ0) is 14.7. The van der Waals surface area contributed by atoms with E-state index >= 15 is 0 Å². The molecule has 0 aliphatic heterocycles. The first-order valence-corrected chi connectivity index (χ1v) is 8.62. The summed E-state index contributed by atoms with van der Waals surface area (Å²) in [6.45, 7) is 0.620. The minimum atomic E-state index is 0.416.